The Balaban J connectivity index is 1.12. The third-order valence-corrected chi connectivity index (χ3v) is 14.6. The molecule has 0 spiro atoms. The first-order valence-corrected chi connectivity index (χ1v) is 23.9. The summed E-state index contributed by atoms with van der Waals surface area (Å²) in [5.41, 5.74) is 3.10. The van der Waals surface area contributed by atoms with Crippen LogP contribution in [0.2, 0.25) is 0 Å². The molecule has 14 aromatic rings. The molecule has 0 N–H and O–H groups in total. The van der Waals surface area contributed by atoms with Crippen LogP contribution in [0.25, 0.3) is 121 Å². The van der Waals surface area contributed by atoms with Crippen LogP contribution in [0.1, 0.15) is 16.7 Å². The highest BCUT2D eigenvalue weighted by atomic mass is 19.4. The van der Waals surface area contributed by atoms with Crippen molar-refractivity contribution in [1.29, 1.82) is 5.26 Å². The molecule has 74 heavy (non-hydrogen) atoms. The SMILES string of the molecule is N#Cc1cc(-n2c3ccccc3c3cc(-n4c5ccccc5c5ccccc54)ccc32)c(-c2c(C(F)(F)F)cccc2C(F)(F)F)c(-n2c3ccccc3c3cc(-n4c5ccccc5c5ccccc54)ccc32)c1. The molecule has 0 aliphatic heterocycles. The van der Waals surface area contributed by atoms with E-state index in [9.17, 15) is 5.26 Å². The first-order chi connectivity index (χ1) is 36.0. The molecule has 14 rings (SSSR count). The van der Waals surface area contributed by atoms with Crippen LogP contribution in [0.15, 0.2) is 212 Å². The molecule has 0 radical (unpaired) electrons. The Bertz CT molecular complexity index is 4340. The summed E-state index contributed by atoms with van der Waals surface area (Å²) >= 11 is 0. The zero-order chi connectivity index (χ0) is 50.2. The number of alkyl halides is 6. The summed E-state index contributed by atoms with van der Waals surface area (Å²) in [6.45, 7) is 0. The molecule has 0 bridgehead atoms. The summed E-state index contributed by atoms with van der Waals surface area (Å²) in [6, 6.07) is 65.7. The fourth-order valence-electron chi connectivity index (χ4n) is 11.7. The number of halogens is 6. The van der Waals surface area contributed by atoms with Crippen molar-refractivity contribution in [3.05, 3.63) is 229 Å². The Morgan fingerprint density at radius 2 is 0.595 bits per heavy atom. The summed E-state index contributed by atoms with van der Waals surface area (Å²) in [4.78, 5) is 0. The monoisotopic (exact) mass is 975 g/mol. The maximum Gasteiger partial charge on any atom is 0.417 e. The van der Waals surface area contributed by atoms with E-state index < -0.39 is 29.0 Å². The quantitative estimate of drug-likeness (QED) is 0.159. The van der Waals surface area contributed by atoms with Crippen molar-refractivity contribution in [2.45, 2.75) is 12.4 Å². The molecular weight excluding hydrogens is 941 g/mol. The van der Waals surface area contributed by atoms with Gasteiger partial charge in [0.2, 0.25) is 0 Å². The smallest absolute Gasteiger partial charge is 0.309 e. The number of nitriles is 1. The van der Waals surface area contributed by atoms with Crippen LogP contribution < -0.4 is 0 Å². The second kappa shape index (κ2) is 15.7. The van der Waals surface area contributed by atoms with Crippen LogP contribution in [-0.4, -0.2) is 18.3 Å². The van der Waals surface area contributed by atoms with E-state index in [0.29, 0.717) is 55.7 Å². The van der Waals surface area contributed by atoms with E-state index in [-0.39, 0.29) is 22.5 Å². The number of nitrogens with zero attached hydrogens (tertiary/aromatic N) is 5. The molecule has 4 heterocycles. The van der Waals surface area contributed by atoms with Crippen LogP contribution in [0, 0.1) is 11.3 Å². The first-order valence-electron chi connectivity index (χ1n) is 23.9. The van der Waals surface area contributed by atoms with Gasteiger partial charge in [0, 0.05) is 65.6 Å². The van der Waals surface area contributed by atoms with E-state index in [1.54, 1.807) is 33.4 Å². The van der Waals surface area contributed by atoms with E-state index in [1.807, 2.05) is 133 Å². The van der Waals surface area contributed by atoms with Gasteiger partial charge in [-0.05, 0) is 97.1 Å². The van der Waals surface area contributed by atoms with Crippen molar-refractivity contribution >= 4 is 87.2 Å². The standard InChI is InChI=1S/C63H35F6N5/c64-62(65,66)48-20-13-21-49(63(67,68)69)60(48)61-58(73-54-26-11-5-18-44(54)46-34-38(28-30-56(46)73)71-50-22-7-1-14-40(50)41-15-2-8-23-51(41)71)32-37(36-70)33-59(61)74-55-27-12-6-19-45(55)47-35-39(29-31-57(47)74)72-52-24-9-3-16-42(52)43-17-4-10-25-53(43)72/h1-35H. The minimum Gasteiger partial charge on any atom is -0.309 e. The van der Waals surface area contributed by atoms with Crippen LogP contribution in [0.5, 0.6) is 0 Å². The van der Waals surface area contributed by atoms with Crippen molar-refractivity contribution in [2.24, 2.45) is 0 Å². The van der Waals surface area contributed by atoms with E-state index in [0.717, 1.165) is 61.1 Å². The van der Waals surface area contributed by atoms with Crippen LogP contribution in [-0.2, 0) is 12.4 Å². The average Bonchev–Trinajstić information content (AvgIpc) is 4.14. The number of benzene rings is 10. The fourth-order valence-corrected chi connectivity index (χ4v) is 11.7. The van der Waals surface area contributed by atoms with Crippen molar-refractivity contribution in [2.75, 3.05) is 0 Å². The number of aromatic nitrogens is 4. The van der Waals surface area contributed by atoms with E-state index in [1.165, 1.54) is 12.1 Å². The second-order valence-electron chi connectivity index (χ2n) is 18.6. The second-order valence-corrected chi connectivity index (χ2v) is 18.6. The number of hydrogen-bond acceptors (Lipinski definition) is 1. The molecular formula is C63H35F6N5. The lowest BCUT2D eigenvalue weighted by Gasteiger charge is -2.25. The highest BCUT2D eigenvalue weighted by Gasteiger charge is 2.43. The molecule has 0 aliphatic rings. The predicted octanol–water partition coefficient (Wildman–Crippen LogP) is 17.7. The van der Waals surface area contributed by atoms with Crippen LogP contribution in [0.4, 0.5) is 26.3 Å². The largest absolute Gasteiger partial charge is 0.417 e. The molecule has 10 aromatic carbocycles. The average molecular weight is 976 g/mol. The summed E-state index contributed by atoms with van der Waals surface area (Å²) < 4.78 is 102. The summed E-state index contributed by atoms with van der Waals surface area (Å²) in [5.74, 6) is 0. The Kier molecular flexibility index (Phi) is 9.20. The molecule has 0 amide bonds. The minimum absolute atomic E-state index is 0.0254. The van der Waals surface area contributed by atoms with Crippen LogP contribution in [0.3, 0.4) is 0 Å². The lowest BCUT2D eigenvalue weighted by molar-refractivity contribution is -0.142. The normalized spacial score (nSPS) is 12.4. The first kappa shape index (κ1) is 43.3. The summed E-state index contributed by atoms with van der Waals surface area (Å²) in [7, 11) is 0. The third-order valence-electron chi connectivity index (χ3n) is 14.6. The number of fused-ring (bicyclic) bond motifs is 12. The lowest BCUT2D eigenvalue weighted by atomic mass is 9.89. The Morgan fingerprint density at radius 3 is 0.919 bits per heavy atom. The van der Waals surface area contributed by atoms with E-state index in [2.05, 4.69) is 39.5 Å². The van der Waals surface area contributed by atoms with Gasteiger partial charge in [0.25, 0.3) is 0 Å². The fraction of sp³-hybridized carbons (Fsp3) is 0.0317. The molecule has 0 saturated carbocycles. The molecule has 0 fully saturated rings. The van der Waals surface area contributed by atoms with Gasteiger partial charge in [-0.3, -0.25) is 0 Å². The highest BCUT2D eigenvalue weighted by Crippen LogP contribution is 2.51. The van der Waals surface area contributed by atoms with Gasteiger partial charge < -0.3 is 18.3 Å². The van der Waals surface area contributed by atoms with Gasteiger partial charge in [-0.15, -0.1) is 0 Å². The maximum atomic E-state index is 15.8. The molecule has 5 nitrogen and oxygen atoms in total. The third kappa shape index (κ3) is 6.24. The Labute approximate surface area is 416 Å². The van der Waals surface area contributed by atoms with Crippen molar-refractivity contribution < 1.29 is 26.3 Å². The topological polar surface area (TPSA) is 43.5 Å². The van der Waals surface area contributed by atoms with Gasteiger partial charge in [0.15, 0.2) is 0 Å². The Hall–Kier alpha value is -9.53. The maximum absolute atomic E-state index is 15.8. The molecule has 0 unspecified atom stereocenters. The lowest BCUT2D eigenvalue weighted by Crippen LogP contribution is -2.16. The van der Waals surface area contributed by atoms with Gasteiger partial charge in [-0.2, -0.15) is 31.6 Å². The molecule has 0 atom stereocenters. The van der Waals surface area contributed by atoms with Gasteiger partial charge in [0.05, 0.1) is 78.3 Å². The molecule has 0 saturated heterocycles. The number of rotatable bonds is 5. The van der Waals surface area contributed by atoms with Crippen molar-refractivity contribution in [1.82, 2.24) is 18.3 Å². The molecule has 0 aliphatic carbocycles. The predicted molar refractivity (Wildman–Crippen MR) is 284 cm³/mol. The van der Waals surface area contributed by atoms with Crippen molar-refractivity contribution in [3.63, 3.8) is 0 Å². The van der Waals surface area contributed by atoms with E-state index in [4.69, 9.17) is 0 Å². The number of hydrogen-bond donors (Lipinski definition) is 0. The van der Waals surface area contributed by atoms with E-state index >= 15 is 26.3 Å². The Morgan fingerprint density at radius 1 is 0.297 bits per heavy atom. The van der Waals surface area contributed by atoms with Crippen LogP contribution >= 0.6 is 0 Å². The molecule has 4 aromatic heterocycles. The van der Waals surface area contributed by atoms with Gasteiger partial charge in [-0.25, -0.2) is 0 Å². The van der Waals surface area contributed by atoms with Gasteiger partial charge >= 0.3 is 12.4 Å². The van der Waals surface area contributed by atoms with Crippen molar-refractivity contribution in [3.8, 4) is 39.9 Å². The zero-order valence-electron chi connectivity index (χ0n) is 38.7. The summed E-state index contributed by atoms with van der Waals surface area (Å²) in [5, 5.41) is 18.0. The molecule has 11 heteroatoms. The minimum atomic E-state index is -5.24. The zero-order valence-corrected chi connectivity index (χ0v) is 38.7. The number of para-hydroxylation sites is 6. The highest BCUT2D eigenvalue weighted by molar-refractivity contribution is 6.15. The van der Waals surface area contributed by atoms with Gasteiger partial charge in [0.1, 0.15) is 0 Å². The van der Waals surface area contributed by atoms with Gasteiger partial charge in [-0.1, -0.05) is 115 Å². The summed E-state index contributed by atoms with van der Waals surface area (Å²) in [6.07, 6.45) is -10.5. The molecule has 354 valence electrons.